The van der Waals surface area contributed by atoms with E-state index in [4.69, 9.17) is 5.73 Å². The summed E-state index contributed by atoms with van der Waals surface area (Å²) in [6, 6.07) is 9.48. The summed E-state index contributed by atoms with van der Waals surface area (Å²) in [7, 11) is 1.72. The second-order valence-corrected chi connectivity index (χ2v) is 8.91. The molecule has 3 aromatic heterocycles. The average Bonchev–Trinajstić information content (AvgIpc) is 3.45. The van der Waals surface area contributed by atoms with Crippen molar-refractivity contribution in [3.63, 3.8) is 0 Å². The van der Waals surface area contributed by atoms with E-state index in [-0.39, 0.29) is 16.9 Å². The van der Waals surface area contributed by atoms with Gasteiger partial charge in [0.2, 0.25) is 5.95 Å². The summed E-state index contributed by atoms with van der Waals surface area (Å²) in [5, 5.41) is 18.0. The molecule has 4 heterocycles. The minimum Gasteiger partial charge on any atom is -0.388 e. The van der Waals surface area contributed by atoms with Gasteiger partial charge >= 0.3 is 0 Å². The number of pyridine rings is 2. The number of benzene rings is 1. The zero-order valence-electron chi connectivity index (χ0n) is 19.9. The number of nitrogen functional groups attached to an aromatic ring is 1. The smallest absolute Gasteiger partial charge is 0.225 e. The molecule has 11 heteroatoms. The van der Waals surface area contributed by atoms with Gasteiger partial charge in [0.25, 0.3) is 0 Å². The number of hydrogen-bond acceptors (Lipinski definition) is 8. The number of aryl methyl sites for hydroxylation is 1. The maximum atomic E-state index is 14.8. The molecule has 0 aliphatic carbocycles. The molecule has 9 nitrogen and oxygen atoms in total. The Hall–Kier alpha value is -4.12. The summed E-state index contributed by atoms with van der Waals surface area (Å²) in [4.78, 5) is 14.8. The third kappa shape index (κ3) is 4.44. The first-order valence-corrected chi connectivity index (χ1v) is 11.6. The summed E-state index contributed by atoms with van der Waals surface area (Å²) in [6.07, 6.45) is 4.45. The van der Waals surface area contributed by atoms with Crippen molar-refractivity contribution in [2.75, 3.05) is 29.0 Å². The van der Waals surface area contributed by atoms with E-state index in [2.05, 4.69) is 30.3 Å². The number of rotatable bonds is 6. The maximum Gasteiger partial charge on any atom is 0.225 e. The van der Waals surface area contributed by atoms with Crippen LogP contribution in [0.15, 0.2) is 48.8 Å². The number of halogens is 2. The average molecular weight is 493 g/mol. The maximum absolute atomic E-state index is 14.8. The van der Waals surface area contributed by atoms with Gasteiger partial charge in [0.05, 0.1) is 5.60 Å². The first-order valence-electron chi connectivity index (χ1n) is 11.6. The number of nitrogens with two attached hydrogens (primary N) is 1. The Bertz CT molecular complexity index is 1410. The van der Waals surface area contributed by atoms with Gasteiger partial charge in [-0.3, -0.25) is 0 Å². The molecule has 1 aromatic carbocycles. The first kappa shape index (κ1) is 23.6. The van der Waals surface area contributed by atoms with Gasteiger partial charge in [-0.2, -0.15) is 4.98 Å². The highest BCUT2D eigenvalue weighted by Gasteiger charge is 2.34. The van der Waals surface area contributed by atoms with E-state index < -0.39 is 17.2 Å². The molecule has 0 bridgehead atoms. The van der Waals surface area contributed by atoms with Crippen LogP contribution in [0.4, 0.5) is 32.1 Å². The molecule has 1 aliphatic rings. The highest BCUT2D eigenvalue weighted by Crippen LogP contribution is 2.31. The van der Waals surface area contributed by atoms with Crippen molar-refractivity contribution < 1.29 is 13.9 Å². The molecule has 1 fully saturated rings. The Morgan fingerprint density at radius 2 is 1.97 bits per heavy atom. The van der Waals surface area contributed by atoms with Crippen molar-refractivity contribution >= 4 is 23.3 Å². The van der Waals surface area contributed by atoms with Crippen LogP contribution in [0.1, 0.15) is 19.8 Å². The van der Waals surface area contributed by atoms with Crippen LogP contribution in [0.3, 0.4) is 0 Å². The van der Waals surface area contributed by atoms with E-state index in [1.54, 1.807) is 24.0 Å². The zero-order valence-corrected chi connectivity index (χ0v) is 19.9. The van der Waals surface area contributed by atoms with E-state index in [1.165, 1.54) is 24.4 Å². The van der Waals surface area contributed by atoms with E-state index in [0.717, 1.165) is 24.3 Å². The van der Waals surface area contributed by atoms with Crippen LogP contribution in [0.25, 0.3) is 22.5 Å². The Morgan fingerprint density at radius 1 is 1.14 bits per heavy atom. The molecule has 1 unspecified atom stereocenters. The Kier molecular flexibility index (Phi) is 6.00. The number of aromatic nitrogens is 5. The molecule has 1 aliphatic heterocycles. The number of nitrogens with one attached hydrogen (secondary N) is 1. The fourth-order valence-electron chi connectivity index (χ4n) is 4.27. The van der Waals surface area contributed by atoms with Crippen LogP contribution in [0, 0.1) is 11.6 Å². The number of aliphatic hydroxyl groups is 1. The first-order chi connectivity index (χ1) is 17.3. The van der Waals surface area contributed by atoms with Gasteiger partial charge in [-0.05, 0) is 49.2 Å². The molecule has 0 saturated carbocycles. The number of nitrogens with zero attached hydrogens (tertiary/aromatic N) is 6. The minimum atomic E-state index is -0.763. The van der Waals surface area contributed by atoms with Crippen molar-refractivity contribution in [1.29, 1.82) is 0 Å². The van der Waals surface area contributed by atoms with Crippen LogP contribution >= 0.6 is 0 Å². The Balaban J connectivity index is 1.33. The fraction of sp³-hybridized carbons (Fsp3) is 0.280. The molecule has 36 heavy (non-hydrogen) atoms. The van der Waals surface area contributed by atoms with Crippen LogP contribution < -0.4 is 16.0 Å². The van der Waals surface area contributed by atoms with E-state index in [0.29, 0.717) is 30.4 Å². The highest BCUT2D eigenvalue weighted by atomic mass is 19.1. The standard InChI is InChI=1S/C25H26F2N8O/c1-3-25(36)9-11-35(14-25)20-7-4-15(13-30-20)23-32-24(34(2)33-23)31-16-5-6-17(19(26)12-16)18-8-10-29-22(28)21(18)27/h4-8,10,12-13,36H,3,9,11,14H2,1-2H3,(H2,28,29)(H,31,32,33). The molecule has 5 rings (SSSR count). The van der Waals surface area contributed by atoms with Gasteiger partial charge < -0.3 is 21.1 Å². The lowest BCUT2D eigenvalue weighted by atomic mass is 10.0. The molecule has 4 aromatic rings. The van der Waals surface area contributed by atoms with Crippen molar-refractivity contribution in [2.45, 2.75) is 25.4 Å². The SMILES string of the molecule is CCC1(O)CCN(c2ccc(-c3nc(Nc4ccc(-c5ccnc(N)c5F)c(F)c4)n(C)n3)cn2)C1. The Labute approximate surface area is 206 Å². The molecular weight excluding hydrogens is 466 g/mol. The second-order valence-electron chi connectivity index (χ2n) is 8.91. The van der Waals surface area contributed by atoms with Gasteiger partial charge in [0.15, 0.2) is 17.5 Å². The van der Waals surface area contributed by atoms with Crippen LogP contribution in [0.5, 0.6) is 0 Å². The summed E-state index contributed by atoms with van der Waals surface area (Å²) >= 11 is 0. The van der Waals surface area contributed by atoms with Crippen molar-refractivity contribution in [2.24, 2.45) is 7.05 Å². The van der Waals surface area contributed by atoms with Gasteiger partial charge in [-0.15, -0.1) is 5.10 Å². The number of β-amino-alcohol motifs (C(OH)–C–C–N with tert-alkyl or cyclic N) is 1. The lowest BCUT2D eigenvalue weighted by Gasteiger charge is -2.22. The molecule has 1 atom stereocenters. The Morgan fingerprint density at radius 3 is 2.67 bits per heavy atom. The fourth-order valence-corrected chi connectivity index (χ4v) is 4.27. The van der Waals surface area contributed by atoms with Gasteiger partial charge in [-0.1, -0.05) is 6.92 Å². The molecule has 0 amide bonds. The van der Waals surface area contributed by atoms with Gasteiger partial charge in [-0.25, -0.2) is 23.4 Å². The lowest BCUT2D eigenvalue weighted by Crippen LogP contribution is -2.32. The van der Waals surface area contributed by atoms with Gasteiger partial charge in [0, 0.05) is 54.9 Å². The molecule has 0 spiro atoms. The summed E-state index contributed by atoms with van der Waals surface area (Å²) < 4.78 is 30.6. The summed E-state index contributed by atoms with van der Waals surface area (Å²) in [5.74, 6) is -0.0272. The van der Waals surface area contributed by atoms with E-state index >= 15 is 0 Å². The lowest BCUT2D eigenvalue weighted by molar-refractivity contribution is 0.0593. The summed E-state index contributed by atoms with van der Waals surface area (Å²) in [5.41, 5.74) is 6.10. The molecule has 1 saturated heterocycles. The largest absolute Gasteiger partial charge is 0.388 e. The monoisotopic (exact) mass is 492 g/mol. The van der Waals surface area contributed by atoms with Crippen molar-refractivity contribution in [3.05, 3.63) is 60.4 Å². The normalized spacial score (nSPS) is 17.5. The van der Waals surface area contributed by atoms with Crippen molar-refractivity contribution in [3.8, 4) is 22.5 Å². The topological polar surface area (TPSA) is 118 Å². The van der Waals surface area contributed by atoms with Crippen LogP contribution in [-0.2, 0) is 7.05 Å². The molecule has 0 radical (unpaired) electrons. The predicted molar refractivity (Wildman–Crippen MR) is 134 cm³/mol. The van der Waals surface area contributed by atoms with E-state index in [9.17, 15) is 13.9 Å². The van der Waals surface area contributed by atoms with Crippen LogP contribution in [0.2, 0.25) is 0 Å². The minimum absolute atomic E-state index is 0.0387. The van der Waals surface area contributed by atoms with E-state index in [1.807, 2.05) is 19.1 Å². The number of hydrogen-bond donors (Lipinski definition) is 3. The predicted octanol–water partition coefficient (Wildman–Crippen LogP) is 3.89. The number of anilines is 4. The second kappa shape index (κ2) is 9.15. The van der Waals surface area contributed by atoms with Crippen LogP contribution in [-0.4, -0.2) is 48.5 Å². The highest BCUT2D eigenvalue weighted by molar-refractivity contribution is 5.70. The van der Waals surface area contributed by atoms with Crippen molar-refractivity contribution in [1.82, 2.24) is 24.7 Å². The third-order valence-electron chi connectivity index (χ3n) is 6.52. The van der Waals surface area contributed by atoms with Gasteiger partial charge in [0.1, 0.15) is 11.6 Å². The quantitative estimate of drug-likeness (QED) is 0.371. The third-order valence-corrected chi connectivity index (χ3v) is 6.52. The molecule has 186 valence electrons. The zero-order chi connectivity index (χ0) is 25.4. The molecule has 4 N–H and O–H groups in total. The molecular formula is C25H26F2N8O. The summed E-state index contributed by atoms with van der Waals surface area (Å²) in [6.45, 7) is 3.30.